The maximum Gasteiger partial charge on any atom is 0.363 e. The maximum absolute atomic E-state index is 10.6. The molecule has 1 saturated heterocycles. The van der Waals surface area contributed by atoms with E-state index in [-0.39, 0.29) is 11.4 Å². The molecule has 18 heavy (non-hydrogen) atoms. The minimum atomic E-state index is -0.458. The topological polar surface area (TPSA) is 59.3 Å². The zero-order valence-corrected chi connectivity index (χ0v) is 11.1. The van der Waals surface area contributed by atoms with Crippen molar-refractivity contribution in [2.75, 3.05) is 6.54 Å². The summed E-state index contributed by atoms with van der Waals surface area (Å²) in [5, 5.41) is 10.6. The van der Waals surface area contributed by atoms with Crippen molar-refractivity contribution in [3.8, 4) is 0 Å². The Morgan fingerprint density at radius 3 is 2.67 bits per heavy atom. The number of aromatic nitrogens is 1. The molecular formula is C13H19N3O2. The first-order chi connectivity index (χ1) is 8.39. The lowest BCUT2D eigenvalue weighted by molar-refractivity contribution is -0.389. The number of rotatable bonds is 2. The van der Waals surface area contributed by atoms with E-state index in [0.29, 0.717) is 6.04 Å². The Hall–Kier alpha value is -1.49. The highest BCUT2D eigenvalue weighted by Crippen LogP contribution is 2.37. The van der Waals surface area contributed by atoms with Crippen LogP contribution in [-0.2, 0) is 0 Å². The summed E-state index contributed by atoms with van der Waals surface area (Å²) < 4.78 is 0. The van der Waals surface area contributed by atoms with Gasteiger partial charge < -0.3 is 10.1 Å². The molecule has 0 radical (unpaired) electrons. The third kappa shape index (κ3) is 2.51. The van der Waals surface area contributed by atoms with Crippen molar-refractivity contribution in [1.82, 2.24) is 9.88 Å². The molecule has 0 bridgehead atoms. The molecule has 0 amide bonds. The third-order valence-electron chi connectivity index (χ3n) is 3.46. The molecule has 1 aromatic heterocycles. The molecule has 0 saturated carbocycles. The minimum Gasteiger partial charge on any atom is -0.358 e. The van der Waals surface area contributed by atoms with Gasteiger partial charge in [0, 0.05) is 23.2 Å². The smallest absolute Gasteiger partial charge is 0.358 e. The predicted octanol–water partition coefficient (Wildman–Crippen LogP) is 2.93. The zero-order chi connectivity index (χ0) is 13.3. The molecule has 0 spiro atoms. The largest absolute Gasteiger partial charge is 0.363 e. The molecule has 5 nitrogen and oxygen atoms in total. The number of nitro groups is 1. The molecule has 0 aliphatic carbocycles. The van der Waals surface area contributed by atoms with Crippen LogP contribution in [-0.4, -0.2) is 26.9 Å². The average Bonchev–Trinajstić information content (AvgIpc) is 2.77. The standard InChI is InChI=1S/C13H19N3O2/c1-13(2,3)15-8-4-5-11(15)10-6-7-12(14-9-10)16(17)18/h6-7,9,11H,4-5,8H2,1-3H3. The fraction of sp³-hybridized carbons (Fsp3) is 0.615. The summed E-state index contributed by atoms with van der Waals surface area (Å²) in [6.45, 7) is 7.67. The summed E-state index contributed by atoms with van der Waals surface area (Å²) in [5.74, 6) is -0.0842. The quantitative estimate of drug-likeness (QED) is 0.597. The van der Waals surface area contributed by atoms with Gasteiger partial charge in [-0.25, -0.2) is 0 Å². The van der Waals surface area contributed by atoms with Crippen LogP contribution in [0.4, 0.5) is 5.82 Å². The van der Waals surface area contributed by atoms with E-state index in [1.807, 2.05) is 6.07 Å². The second kappa shape index (κ2) is 4.65. The second-order valence-corrected chi connectivity index (χ2v) is 5.73. The van der Waals surface area contributed by atoms with E-state index in [2.05, 4.69) is 30.7 Å². The van der Waals surface area contributed by atoms with E-state index in [4.69, 9.17) is 0 Å². The first-order valence-electron chi connectivity index (χ1n) is 6.26. The van der Waals surface area contributed by atoms with Gasteiger partial charge in [0.05, 0.1) is 0 Å². The van der Waals surface area contributed by atoms with Gasteiger partial charge in [0.15, 0.2) is 0 Å². The molecule has 0 N–H and O–H groups in total. The van der Waals surface area contributed by atoms with E-state index in [1.165, 1.54) is 12.5 Å². The zero-order valence-electron chi connectivity index (χ0n) is 11.1. The van der Waals surface area contributed by atoms with Crippen molar-refractivity contribution in [2.45, 2.75) is 45.2 Å². The van der Waals surface area contributed by atoms with Crippen LogP contribution < -0.4 is 0 Å². The average molecular weight is 249 g/mol. The highest BCUT2D eigenvalue weighted by molar-refractivity contribution is 5.25. The molecule has 2 rings (SSSR count). The number of hydrogen-bond donors (Lipinski definition) is 0. The minimum absolute atomic E-state index is 0.0842. The van der Waals surface area contributed by atoms with E-state index in [9.17, 15) is 10.1 Å². The van der Waals surface area contributed by atoms with Crippen LogP contribution in [0.1, 0.15) is 45.2 Å². The van der Waals surface area contributed by atoms with Crippen LogP contribution in [0, 0.1) is 10.1 Å². The summed E-state index contributed by atoms with van der Waals surface area (Å²) in [7, 11) is 0. The van der Waals surface area contributed by atoms with E-state index >= 15 is 0 Å². The van der Waals surface area contributed by atoms with Gasteiger partial charge in [-0.2, -0.15) is 0 Å². The molecular weight excluding hydrogens is 230 g/mol. The van der Waals surface area contributed by atoms with Gasteiger partial charge >= 0.3 is 5.82 Å². The molecule has 5 heteroatoms. The Morgan fingerprint density at radius 1 is 1.44 bits per heavy atom. The van der Waals surface area contributed by atoms with Crippen molar-refractivity contribution < 1.29 is 4.92 Å². The summed E-state index contributed by atoms with van der Waals surface area (Å²) in [6, 6.07) is 3.66. The van der Waals surface area contributed by atoms with Crippen LogP contribution in [0.15, 0.2) is 18.3 Å². The monoisotopic (exact) mass is 249 g/mol. The van der Waals surface area contributed by atoms with Gasteiger partial charge in [-0.3, -0.25) is 4.90 Å². The fourth-order valence-corrected chi connectivity index (χ4v) is 2.62. The van der Waals surface area contributed by atoms with Crippen LogP contribution in [0.5, 0.6) is 0 Å². The predicted molar refractivity (Wildman–Crippen MR) is 69.3 cm³/mol. The lowest BCUT2D eigenvalue weighted by Crippen LogP contribution is -2.40. The SMILES string of the molecule is CC(C)(C)N1CCCC1c1ccc([N+](=O)[O-])nc1. The number of pyridine rings is 1. The van der Waals surface area contributed by atoms with Gasteiger partial charge in [0.2, 0.25) is 0 Å². The molecule has 98 valence electrons. The van der Waals surface area contributed by atoms with Crippen molar-refractivity contribution in [3.05, 3.63) is 34.0 Å². The van der Waals surface area contributed by atoms with Crippen LogP contribution >= 0.6 is 0 Å². The van der Waals surface area contributed by atoms with Gasteiger partial charge in [0.1, 0.15) is 6.20 Å². The van der Waals surface area contributed by atoms with Crippen LogP contribution in [0.25, 0.3) is 0 Å². The Labute approximate surface area is 107 Å². The van der Waals surface area contributed by atoms with Crippen molar-refractivity contribution in [3.63, 3.8) is 0 Å². The first kappa shape index (κ1) is 13.0. The molecule has 2 heterocycles. The highest BCUT2D eigenvalue weighted by atomic mass is 16.6. The maximum atomic E-state index is 10.6. The lowest BCUT2D eigenvalue weighted by Gasteiger charge is -2.36. The molecule has 0 aromatic carbocycles. The van der Waals surface area contributed by atoms with Crippen molar-refractivity contribution >= 4 is 5.82 Å². The molecule has 1 aliphatic rings. The van der Waals surface area contributed by atoms with Crippen molar-refractivity contribution in [2.24, 2.45) is 0 Å². The lowest BCUT2D eigenvalue weighted by atomic mass is 10.0. The molecule has 1 aliphatic heterocycles. The summed E-state index contributed by atoms with van der Waals surface area (Å²) in [5.41, 5.74) is 1.19. The highest BCUT2D eigenvalue weighted by Gasteiger charge is 2.34. The molecule has 1 unspecified atom stereocenters. The first-order valence-corrected chi connectivity index (χ1v) is 6.26. The third-order valence-corrected chi connectivity index (χ3v) is 3.46. The normalized spacial score (nSPS) is 21.2. The van der Waals surface area contributed by atoms with E-state index in [1.54, 1.807) is 6.20 Å². The number of nitrogens with zero attached hydrogens (tertiary/aromatic N) is 3. The van der Waals surface area contributed by atoms with Gasteiger partial charge in [0.25, 0.3) is 0 Å². The fourth-order valence-electron chi connectivity index (χ4n) is 2.62. The van der Waals surface area contributed by atoms with Crippen molar-refractivity contribution in [1.29, 1.82) is 0 Å². The van der Waals surface area contributed by atoms with E-state index < -0.39 is 4.92 Å². The Bertz CT molecular complexity index is 437. The number of likely N-dealkylation sites (tertiary alicyclic amines) is 1. The summed E-state index contributed by atoms with van der Waals surface area (Å²) in [6.07, 6.45) is 3.91. The Kier molecular flexibility index (Phi) is 3.34. The molecule has 1 fully saturated rings. The van der Waals surface area contributed by atoms with E-state index in [0.717, 1.165) is 18.5 Å². The Morgan fingerprint density at radius 2 is 2.17 bits per heavy atom. The van der Waals surface area contributed by atoms with Gasteiger partial charge in [-0.1, -0.05) is 0 Å². The molecule has 1 atom stereocenters. The Balaban J connectivity index is 2.23. The van der Waals surface area contributed by atoms with Gasteiger partial charge in [-0.15, -0.1) is 0 Å². The van der Waals surface area contributed by atoms with Gasteiger partial charge in [-0.05, 0) is 56.1 Å². The molecule has 1 aromatic rings. The summed E-state index contributed by atoms with van der Waals surface area (Å²) in [4.78, 5) is 16.5. The number of hydrogen-bond acceptors (Lipinski definition) is 4. The van der Waals surface area contributed by atoms with Crippen LogP contribution in [0.3, 0.4) is 0 Å². The van der Waals surface area contributed by atoms with Crippen LogP contribution in [0.2, 0.25) is 0 Å². The second-order valence-electron chi connectivity index (χ2n) is 5.73. The summed E-state index contributed by atoms with van der Waals surface area (Å²) >= 11 is 0.